The van der Waals surface area contributed by atoms with Crippen LogP contribution in [0.4, 0.5) is 0 Å². The Bertz CT molecular complexity index is 395. The number of hydrogen-bond acceptors (Lipinski definition) is 2. The van der Waals surface area contributed by atoms with E-state index in [1.165, 1.54) is 0 Å². The molecule has 0 N–H and O–H groups in total. The van der Waals surface area contributed by atoms with Crippen molar-refractivity contribution in [1.29, 1.82) is 0 Å². The van der Waals surface area contributed by atoms with Crippen LogP contribution in [-0.4, -0.2) is 14.2 Å². The van der Waals surface area contributed by atoms with Gasteiger partial charge in [0.25, 0.3) is 0 Å². The highest BCUT2D eigenvalue weighted by atomic mass is 35.5. The summed E-state index contributed by atoms with van der Waals surface area (Å²) in [4.78, 5) is 0.393. The molecule has 1 aromatic rings. The van der Waals surface area contributed by atoms with Gasteiger partial charge in [-0.15, -0.1) is 11.6 Å². The third kappa shape index (κ3) is 3.50. The second-order valence-electron chi connectivity index (χ2n) is 3.45. The van der Waals surface area contributed by atoms with Crippen LogP contribution in [0.2, 0.25) is 0 Å². The molecule has 0 atom stereocenters. The van der Waals surface area contributed by atoms with E-state index in [0.717, 1.165) is 12.0 Å². The molecule has 0 fully saturated rings. The smallest absolute Gasteiger partial charge is 0.178 e. The largest absolute Gasteiger partial charge is 0.224 e. The van der Waals surface area contributed by atoms with E-state index in [0.29, 0.717) is 17.2 Å². The Morgan fingerprint density at radius 2 is 1.80 bits per heavy atom. The van der Waals surface area contributed by atoms with Crippen LogP contribution in [0.1, 0.15) is 25.3 Å². The molecule has 0 radical (unpaired) electrons. The zero-order valence-corrected chi connectivity index (χ0v) is 10.3. The number of hydrogen-bond donors (Lipinski definition) is 0. The quantitative estimate of drug-likeness (QED) is 0.749. The summed E-state index contributed by atoms with van der Waals surface area (Å²) in [5, 5.41) is 0. The monoisotopic (exact) mass is 246 g/mol. The van der Waals surface area contributed by atoms with Gasteiger partial charge in [-0.25, -0.2) is 8.42 Å². The molecular weight excluding hydrogens is 232 g/mol. The van der Waals surface area contributed by atoms with Crippen LogP contribution >= 0.6 is 11.6 Å². The average Bonchev–Trinajstić information content (AvgIpc) is 2.26. The number of alkyl halides is 1. The molecule has 0 aliphatic heterocycles. The van der Waals surface area contributed by atoms with Crippen molar-refractivity contribution in [1.82, 2.24) is 0 Å². The van der Waals surface area contributed by atoms with Crippen molar-refractivity contribution in [3.8, 4) is 0 Å². The average molecular weight is 247 g/mol. The Kier molecular flexibility index (Phi) is 4.61. The zero-order chi connectivity index (χ0) is 11.3. The van der Waals surface area contributed by atoms with Gasteiger partial charge in [-0.3, -0.25) is 0 Å². The summed E-state index contributed by atoms with van der Waals surface area (Å²) >= 11 is 5.63. The van der Waals surface area contributed by atoms with Crippen LogP contribution < -0.4 is 0 Å². The van der Waals surface area contributed by atoms with E-state index in [2.05, 4.69) is 0 Å². The first-order valence-electron chi connectivity index (χ1n) is 4.98. The molecule has 1 rings (SSSR count). The molecule has 0 aliphatic rings. The topological polar surface area (TPSA) is 34.1 Å². The molecule has 84 valence electrons. The van der Waals surface area contributed by atoms with E-state index < -0.39 is 9.84 Å². The van der Waals surface area contributed by atoms with Gasteiger partial charge in [-0.2, -0.15) is 0 Å². The highest BCUT2D eigenvalue weighted by Gasteiger charge is 2.12. The minimum atomic E-state index is -3.09. The van der Waals surface area contributed by atoms with E-state index in [9.17, 15) is 8.42 Å². The number of unbranched alkanes of at least 4 members (excludes halogenated alkanes) is 1. The van der Waals surface area contributed by atoms with Gasteiger partial charge < -0.3 is 0 Å². The predicted molar refractivity (Wildman–Crippen MR) is 63.0 cm³/mol. The summed E-state index contributed by atoms with van der Waals surface area (Å²) in [5.74, 6) is 0.638. The van der Waals surface area contributed by atoms with Crippen LogP contribution in [0.25, 0.3) is 0 Å². The molecule has 0 unspecified atom stereocenters. The molecule has 4 heteroatoms. The Labute approximate surface area is 96.2 Å². The fourth-order valence-corrected chi connectivity index (χ4v) is 2.87. The highest BCUT2D eigenvalue weighted by molar-refractivity contribution is 7.91. The lowest BCUT2D eigenvalue weighted by atomic mass is 10.2. The molecule has 0 saturated heterocycles. The molecular formula is C11H15ClO2S. The number of halogens is 1. The molecule has 0 amide bonds. The van der Waals surface area contributed by atoms with Gasteiger partial charge in [-0.1, -0.05) is 25.5 Å². The van der Waals surface area contributed by atoms with Crippen molar-refractivity contribution in [3.05, 3.63) is 29.8 Å². The lowest BCUT2D eigenvalue weighted by Gasteiger charge is -2.03. The molecule has 0 bridgehead atoms. The second-order valence-corrected chi connectivity index (χ2v) is 5.83. The Morgan fingerprint density at radius 3 is 2.27 bits per heavy atom. The van der Waals surface area contributed by atoms with Gasteiger partial charge in [-0.05, 0) is 24.1 Å². The van der Waals surface area contributed by atoms with Gasteiger partial charge in [0.05, 0.1) is 10.6 Å². The molecule has 15 heavy (non-hydrogen) atoms. The van der Waals surface area contributed by atoms with E-state index in [4.69, 9.17) is 11.6 Å². The van der Waals surface area contributed by atoms with Crippen LogP contribution in [0.5, 0.6) is 0 Å². The lowest BCUT2D eigenvalue weighted by molar-refractivity contribution is 0.592. The standard InChI is InChI=1S/C11H15ClO2S/c1-2-3-8-15(13,14)11-6-4-10(9-12)5-7-11/h4-7H,2-3,8-9H2,1H3. The minimum Gasteiger partial charge on any atom is -0.224 e. The van der Waals surface area contributed by atoms with Gasteiger partial charge >= 0.3 is 0 Å². The summed E-state index contributed by atoms with van der Waals surface area (Å²) in [5.41, 5.74) is 0.936. The van der Waals surface area contributed by atoms with E-state index in [1.807, 2.05) is 6.92 Å². The summed E-state index contributed by atoms with van der Waals surface area (Å²) in [6.45, 7) is 1.98. The highest BCUT2D eigenvalue weighted by Crippen LogP contribution is 2.14. The third-order valence-electron chi connectivity index (χ3n) is 2.20. The Morgan fingerprint density at radius 1 is 1.20 bits per heavy atom. The first-order chi connectivity index (χ1) is 7.10. The Balaban J connectivity index is 2.86. The lowest BCUT2D eigenvalue weighted by Crippen LogP contribution is -2.06. The van der Waals surface area contributed by atoms with Crippen molar-refractivity contribution in [2.75, 3.05) is 5.75 Å². The summed E-state index contributed by atoms with van der Waals surface area (Å²) in [6, 6.07) is 6.77. The van der Waals surface area contributed by atoms with Crippen molar-refractivity contribution < 1.29 is 8.42 Å². The van der Waals surface area contributed by atoms with Gasteiger partial charge in [0, 0.05) is 5.88 Å². The maximum Gasteiger partial charge on any atom is 0.178 e. The first kappa shape index (κ1) is 12.5. The van der Waals surface area contributed by atoms with Crippen LogP contribution in [-0.2, 0) is 15.7 Å². The van der Waals surface area contributed by atoms with Crippen LogP contribution in [0.15, 0.2) is 29.2 Å². The first-order valence-corrected chi connectivity index (χ1v) is 7.16. The number of benzene rings is 1. The number of sulfone groups is 1. The fraction of sp³-hybridized carbons (Fsp3) is 0.455. The van der Waals surface area contributed by atoms with Crippen molar-refractivity contribution in [2.45, 2.75) is 30.5 Å². The second kappa shape index (κ2) is 5.52. The molecule has 1 aromatic carbocycles. The summed E-state index contributed by atoms with van der Waals surface area (Å²) in [7, 11) is -3.09. The normalized spacial score (nSPS) is 11.6. The minimum absolute atomic E-state index is 0.226. The van der Waals surface area contributed by atoms with Crippen molar-refractivity contribution >= 4 is 21.4 Å². The predicted octanol–water partition coefficient (Wildman–Crippen LogP) is 3.00. The molecule has 0 spiro atoms. The van der Waals surface area contributed by atoms with Crippen LogP contribution in [0.3, 0.4) is 0 Å². The Hall–Kier alpha value is -0.540. The van der Waals surface area contributed by atoms with Crippen LogP contribution in [0, 0.1) is 0 Å². The van der Waals surface area contributed by atoms with E-state index in [1.54, 1.807) is 24.3 Å². The SMILES string of the molecule is CCCCS(=O)(=O)c1ccc(CCl)cc1. The maximum absolute atomic E-state index is 11.8. The molecule has 0 aliphatic carbocycles. The molecule has 0 saturated carbocycles. The molecule has 0 heterocycles. The summed E-state index contributed by atoms with van der Waals surface area (Å²) < 4.78 is 23.5. The molecule has 2 nitrogen and oxygen atoms in total. The zero-order valence-electron chi connectivity index (χ0n) is 8.74. The van der Waals surface area contributed by atoms with Gasteiger partial charge in [0.15, 0.2) is 9.84 Å². The van der Waals surface area contributed by atoms with Gasteiger partial charge in [0.2, 0.25) is 0 Å². The van der Waals surface area contributed by atoms with E-state index in [-0.39, 0.29) is 5.75 Å². The molecule has 0 aromatic heterocycles. The fourth-order valence-electron chi connectivity index (χ4n) is 1.24. The van der Waals surface area contributed by atoms with E-state index >= 15 is 0 Å². The van der Waals surface area contributed by atoms with Crippen molar-refractivity contribution in [2.24, 2.45) is 0 Å². The van der Waals surface area contributed by atoms with Gasteiger partial charge in [0.1, 0.15) is 0 Å². The van der Waals surface area contributed by atoms with Crippen molar-refractivity contribution in [3.63, 3.8) is 0 Å². The third-order valence-corrected chi connectivity index (χ3v) is 4.33. The maximum atomic E-state index is 11.8. The summed E-state index contributed by atoms with van der Waals surface area (Å²) in [6.07, 6.45) is 1.60. The number of rotatable bonds is 5.